The molecule has 0 aromatic rings. The van der Waals surface area contributed by atoms with Crippen LogP contribution in [0.25, 0.3) is 0 Å². The van der Waals surface area contributed by atoms with Crippen LogP contribution in [0.4, 0.5) is 0 Å². The van der Waals surface area contributed by atoms with E-state index in [-0.39, 0.29) is 12.5 Å². The predicted molar refractivity (Wildman–Crippen MR) is 57.6 cm³/mol. The highest BCUT2D eigenvalue weighted by Crippen LogP contribution is 2.42. The van der Waals surface area contributed by atoms with Crippen molar-refractivity contribution in [3.63, 3.8) is 0 Å². The summed E-state index contributed by atoms with van der Waals surface area (Å²) in [6, 6.07) is 0. The zero-order valence-electron chi connectivity index (χ0n) is 9.75. The maximum atomic E-state index is 10.9. The van der Waals surface area contributed by atoms with Gasteiger partial charge in [0, 0.05) is 11.0 Å². The van der Waals surface area contributed by atoms with Crippen LogP contribution in [0.1, 0.15) is 40.0 Å². The van der Waals surface area contributed by atoms with E-state index in [2.05, 4.69) is 0 Å². The van der Waals surface area contributed by atoms with E-state index in [1.54, 1.807) is 0 Å². The Morgan fingerprint density at radius 2 is 2.27 bits per heavy atom. The molecule has 1 rings (SSSR count). The fourth-order valence-electron chi connectivity index (χ4n) is 2.10. The minimum absolute atomic E-state index is 0.0865. The van der Waals surface area contributed by atoms with E-state index in [0.717, 1.165) is 12.8 Å². The van der Waals surface area contributed by atoms with Crippen LogP contribution < -0.4 is 5.73 Å². The van der Waals surface area contributed by atoms with Gasteiger partial charge in [-0.2, -0.15) is 0 Å². The summed E-state index contributed by atoms with van der Waals surface area (Å²) in [4.78, 5) is 10.9. The molecule has 2 unspecified atom stereocenters. The third-order valence-corrected chi connectivity index (χ3v) is 3.53. The normalized spacial score (nSPS) is 32.7. The van der Waals surface area contributed by atoms with Crippen LogP contribution in [-0.4, -0.2) is 29.3 Å². The quantitative estimate of drug-likeness (QED) is 0.746. The third-order valence-electron chi connectivity index (χ3n) is 3.53. The summed E-state index contributed by atoms with van der Waals surface area (Å²) in [5.74, 6) is -0.799. The Morgan fingerprint density at radius 3 is 2.60 bits per heavy atom. The summed E-state index contributed by atoms with van der Waals surface area (Å²) < 4.78 is 5.58. The van der Waals surface area contributed by atoms with Crippen LogP contribution in [0.5, 0.6) is 0 Å². The highest BCUT2D eigenvalue weighted by atomic mass is 16.5. The van der Waals surface area contributed by atoms with E-state index in [0.29, 0.717) is 6.61 Å². The van der Waals surface area contributed by atoms with Crippen molar-refractivity contribution >= 4 is 5.97 Å². The van der Waals surface area contributed by atoms with Gasteiger partial charge in [0.15, 0.2) is 0 Å². The molecule has 0 bridgehead atoms. The van der Waals surface area contributed by atoms with Gasteiger partial charge in [-0.1, -0.05) is 0 Å². The second-order valence-corrected chi connectivity index (χ2v) is 5.23. The van der Waals surface area contributed by atoms with E-state index in [1.807, 2.05) is 20.8 Å². The van der Waals surface area contributed by atoms with Crippen LogP contribution in [0.3, 0.4) is 0 Å². The fourth-order valence-corrected chi connectivity index (χ4v) is 2.10. The van der Waals surface area contributed by atoms with Crippen molar-refractivity contribution in [3.05, 3.63) is 0 Å². The summed E-state index contributed by atoms with van der Waals surface area (Å²) >= 11 is 0. The molecule has 4 heteroatoms. The van der Waals surface area contributed by atoms with Gasteiger partial charge in [0.05, 0.1) is 19.1 Å². The van der Waals surface area contributed by atoms with Crippen molar-refractivity contribution in [1.82, 2.24) is 0 Å². The number of carboxylic acid groups (broad SMARTS) is 1. The maximum Gasteiger partial charge on any atom is 0.304 e. The van der Waals surface area contributed by atoms with Crippen molar-refractivity contribution in [3.8, 4) is 0 Å². The lowest BCUT2D eigenvalue weighted by Gasteiger charge is -2.47. The van der Waals surface area contributed by atoms with E-state index in [9.17, 15) is 4.79 Å². The van der Waals surface area contributed by atoms with E-state index < -0.39 is 16.9 Å². The molecular weight excluding hydrogens is 194 g/mol. The van der Waals surface area contributed by atoms with Crippen molar-refractivity contribution in [2.24, 2.45) is 11.1 Å². The zero-order chi connectivity index (χ0) is 11.7. The summed E-state index contributed by atoms with van der Waals surface area (Å²) in [7, 11) is 0. The molecule has 0 aromatic heterocycles. The molecular formula is C11H21NO3. The molecule has 0 radical (unpaired) electrons. The molecule has 0 saturated carbocycles. The van der Waals surface area contributed by atoms with Gasteiger partial charge in [0.2, 0.25) is 0 Å². The molecule has 1 heterocycles. The molecule has 3 N–H and O–H groups in total. The predicted octanol–water partition coefficient (Wildman–Crippen LogP) is 1.38. The Kier molecular flexibility index (Phi) is 3.41. The van der Waals surface area contributed by atoms with Crippen molar-refractivity contribution in [1.29, 1.82) is 0 Å². The monoisotopic (exact) mass is 215 g/mol. The van der Waals surface area contributed by atoms with Crippen LogP contribution in [0.2, 0.25) is 0 Å². The molecule has 1 aliphatic rings. The van der Waals surface area contributed by atoms with Crippen molar-refractivity contribution in [2.75, 3.05) is 6.61 Å². The summed E-state index contributed by atoms with van der Waals surface area (Å²) in [6.45, 7) is 6.22. The summed E-state index contributed by atoms with van der Waals surface area (Å²) in [5, 5.41) is 8.95. The average molecular weight is 215 g/mol. The van der Waals surface area contributed by atoms with Gasteiger partial charge < -0.3 is 15.6 Å². The molecule has 88 valence electrons. The molecule has 2 atom stereocenters. The van der Waals surface area contributed by atoms with E-state index >= 15 is 0 Å². The Balaban J connectivity index is 2.83. The molecule has 0 spiro atoms. The number of hydrogen-bond acceptors (Lipinski definition) is 3. The lowest BCUT2D eigenvalue weighted by Crippen LogP contribution is -2.56. The van der Waals surface area contributed by atoms with E-state index in [4.69, 9.17) is 15.6 Å². The number of ether oxygens (including phenoxy) is 1. The lowest BCUT2D eigenvalue weighted by molar-refractivity contribution is -0.148. The minimum atomic E-state index is -0.799. The second kappa shape index (κ2) is 4.10. The molecule has 1 aliphatic heterocycles. The highest BCUT2D eigenvalue weighted by Gasteiger charge is 2.46. The Morgan fingerprint density at radius 1 is 1.67 bits per heavy atom. The van der Waals surface area contributed by atoms with Gasteiger partial charge in [-0.05, 0) is 33.6 Å². The topological polar surface area (TPSA) is 72.5 Å². The number of carbonyl (C=O) groups is 1. The molecule has 0 aromatic carbocycles. The smallest absolute Gasteiger partial charge is 0.304 e. The number of rotatable bonds is 3. The Hall–Kier alpha value is -0.610. The minimum Gasteiger partial charge on any atom is -0.481 e. The van der Waals surface area contributed by atoms with Crippen LogP contribution >= 0.6 is 0 Å². The SMILES string of the molecule is CC1CCC(CC(=O)O)(C(C)(C)N)CO1. The standard InChI is InChI=1S/C11H21NO3/c1-8-4-5-11(7-15-8,6-9(13)14)10(2,3)12/h8H,4-7,12H2,1-3H3,(H,13,14). The first-order valence-corrected chi connectivity index (χ1v) is 5.39. The first-order valence-electron chi connectivity index (χ1n) is 5.39. The summed E-state index contributed by atoms with van der Waals surface area (Å²) in [5.41, 5.74) is 5.15. The molecule has 0 amide bonds. The van der Waals surface area contributed by atoms with Crippen LogP contribution in [0.15, 0.2) is 0 Å². The van der Waals surface area contributed by atoms with Gasteiger partial charge in [-0.15, -0.1) is 0 Å². The van der Waals surface area contributed by atoms with E-state index in [1.165, 1.54) is 0 Å². The van der Waals surface area contributed by atoms with Gasteiger partial charge in [0.25, 0.3) is 0 Å². The first kappa shape index (κ1) is 12.5. The largest absolute Gasteiger partial charge is 0.481 e. The third kappa shape index (κ3) is 2.69. The number of hydrogen-bond donors (Lipinski definition) is 2. The lowest BCUT2D eigenvalue weighted by atomic mass is 9.66. The van der Waals surface area contributed by atoms with Crippen LogP contribution in [-0.2, 0) is 9.53 Å². The van der Waals surface area contributed by atoms with Gasteiger partial charge in [-0.25, -0.2) is 0 Å². The molecule has 0 aliphatic carbocycles. The maximum absolute atomic E-state index is 10.9. The molecule has 4 nitrogen and oxygen atoms in total. The van der Waals surface area contributed by atoms with Gasteiger partial charge in [-0.3, -0.25) is 4.79 Å². The summed E-state index contributed by atoms with van der Waals surface area (Å²) in [6.07, 6.45) is 2.01. The van der Waals surface area contributed by atoms with Crippen molar-refractivity contribution < 1.29 is 14.6 Å². The number of aliphatic carboxylic acids is 1. The highest BCUT2D eigenvalue weighted by molar-refractivity contribution is 5.68. The van der Waals surface area contributed by atoms with Crippen LogP contribution in [0, 0.1) is 5.41 Å². The van der Waals surface area contributed by atoms with Gasteiger partial charge >= 0.3 is 5.97 Å². The van der Waals surface area contributed by atoms with Crippen molar-refractivity contribution in [2.45, 2.75) is 51.7 Å². The van der Waals surface area contributed by atoms with Gasteiger partial charge in [0.1, 0.15) is 0 Å². The fraction of sp³-hybridized carbons (Fsp3) is 0.909. The number of nitrogens with two attached hydrogens (primary N) is 1. The average Bonchev–Trinajstić information content (AvgIpc) is 2.06. The Labute approximate surface area is 90.8 Å². The zero-order valence-corrected chi connectivity index (χ0v) is 9.75. The second-order valence-electron chi connectivity index (χ2n) is 5.23. The molecule has 1 saturated heterocycles. The molecule has 1 fully saturated rings. The number of carboxylic acids is 1. The molecule has 15 heavy (non-hydrogen) atoms. The Bertz CT molecular complexity index is 237. The first-order chi connectivity index (χ1) is 6.77.